The number of carbonyl (C=O) groups is 1. The number of nitrogens with one attached hydrogen (secondary N) is 1. The number of aryl methyl sites for hydroxylation is 1. The number of hydrogen-bond acceptors (Lipinski definition) is 5. The van der Waals surface area contributed by atoms with Crippen molar-refractivity contribution < 1.29 is 22.7 Å². The number of pyridine rings is 1. The van der Waals surface area contributed by atoms with E-state index in [1.54, 1.807) is 37.4 Å². The van der Waals surface area contributed by atoms with E-state index in [0.717, 1.165) is 18.2 Å². The summed E-state index contributed by atoms with van der Waals surface area (Å²) in [5.74, 6) is 0.589. The normalized spacial score (nSPS) is 13.3. The van der Waals surface area contributed by atoms with Crippen molar-refractivity contribution in [3.05, 3.63) is 46.6 Å². The molecule has 0 aliphatic heterocycles. The van der Waals surface area contributed by atoms with Crippen LogP contribution in [0.4, 0.5) is 18.9 Å². The second-order valence-electron chi connectivity index (χ2n) is 6.78. The van der Waals surface area contributed by atoms with E-state index in [1.807, 2.05) is 0 Å². The highest BCUT2D eigenvalue weighted by Gasteiger charge is 2.39. The van der Waals surface area contributed by atoms with E-state index in [1.165, 1.54) is 0 Å². The van der Waals surface area contributed by atoms with Crippen LogP contribution >= 0.6 is 11.8 Å². The van der Waals surface area contributed by atoms with E-state index >= 15 is 0 Å². The molecule has 0 spiro atoms. The Hall–Kier alpha value is -2.73. The lowest BCUT2D eigenvalue weighted by Crippen LogP contribution is -2.19. The maximum absolute atomic E-state index is 13.7. The van der Waals surface area contributed by atoms with Gasteiger partial charge in [0.25, 0.3) is 0 Å². The molecule has 1 heterocycles. The van der Waals surface area contributed by atoms with Crippen LogP contribution in [-0.4, -0.2) is 23.8 Å². The number of anilines is 1. The quantitative estimate of drug-likeness (QED) is 0.648. The van der Waals surface area contributed by atoms with Crippen molar-refractivity contribution in [1.82, 2.24) is 4.98 Å². The van der Waals surface area contributed by atoms with Crippen molar-refractivity contribution in [3.8, 4) is 11.8 Å². The van der Waals surface area contributed by atoms with E-state index in [2.05, 4.69) is 10.3 Å². The van der Waals surface area contributed by atoms with Crippen molar-refractivity contribution >= 4 is 23.4 Å². The fraction of sp³-hybridized carbons (Fsp3) is 0.381. The number of fused-ring (bicyclic) bond motifs is 1. The molecule has 0 atom stereocenters. The molecule has 5 nitrogen and oxygen atoms in total. The van der Waals surface area contributed by atoms with Crippen LogP contribution in [0.3, 0.4) is 0 Å². The van der Waals surface area contributed by atoms with E-state index in [4.69, 9.17) is 4.74 Å². The number of nitriles is 1. The Morgan fingerprint density at radius 2 is 1.97 bits per heavy atom. The molecular weight excluding hydrogens is 415 g/mol. The monoisotopic (exact) mass is 435 g/mol. The van der Waals surface area contributed by atoms with E-state index in [9.17, 15) is 23.2 Å². The molecule has 1 N–H and O–H groups in total. The van der Waals surface area contributed by atoms with Crippen molar-refractivity contribution in [3.63, 3.8) is 0 Å². The zero-order chi connectivity index (χ0) is 21.7. The zero-order valence-corrected chi connectivity index (χ0v) is 17.1. The largest absolute Gasteiger partial charge is 0.497 e. The number of alkyl halides is 3. The molecule has 0 fully saturated rings. The highest BCUT2D eigenvalue weighted by Crippen LogP contribution is 2.41. The molecule has 1 aliphatic rings. The summed E-state index contributed by atoms with van der Waals surface area (Å²) in [5, 5.41) is 12.2. The number of hydrogen-bond donors (Lipinski definition) is 1. The van der Waals surface area contributed by atoms with Gasteiger partial charge in [-0.25, -0.2) is 4.98 Å². The number of nitrogens with zero attached hydrogens (tertiary/aromatic N) is 2. The molecule has 2 aromatic rings. The van der Waals surface area contributed by atoms with Gasteiger partial charge in [0.1, 0.15) is 16.8 Å². The number of ether oxygens (including phenoxy) is 1. The van der Waals surface area contributed by atoms with Gasteiger partial charge >= 0.3 is 6.18 Å². The number of carbonyl (C=O) groups excluding carboxylic acids is 1. The smallest absolute Gasteiger partial charge is 0.418 e. The minimum absolute atomic E-state index is 0.0442. The lowest BCUT2D eigenvalue weighted by atomic mass is 9.90. The van der Waals surface area contributed by atoms with Crippen LogP contribution in [0, 0.1) is 11.3 Å². The van der Waals surface area contributed by atoms with Gasteiger partial charge in [0.05, 0.1) is 18.2 Å². The van der Waals surface area contributed by atoms with Gasteiger partial charge in [-0.3, -0.25) is 4.79 Å². The second-order valence-corrected chi connectivity index (χ2v) is 7.87. The Morgan fingerprint density at radius 1 is 1.27 bits per heavy atom. The van der Waals surface area contributed by atoms with E-state index in [0.29, 0.717) is 30.0 Å². The highest BCUT2D eigenvalue weighted by molar-refractivity contribution is 7.99. The van der Waals surface area contributed by atoms with Gasteiger partial charge in [-0.05, 0) is 55.5 Å². The van der Waals surface area contributed by atoms with Crippen LogP contribution in [0.2, 0.25) is 0 Å². The first kappa shape index (κ1) is 22.0. The number of thioether (sulfide) groups is 1. The number of benzene rings is 1. The summed E-state index contributed by atoms with van der Waals surface area (Å²) in [6, 6.07) is 8.49. The van der Waals surface area contributed by atoms with Crippen LogP contribution in [0.1, 0.15) is 41.6 Å². The fourth-order valence-electron chi connectivity index (χ4n) is 3.38. The Kier molecular flexibility index (Phi) is 6.87. The molecule has 0 unspecified atom stereocenters. The maximum Gasteiger partial charge on any atom is 0.418 e. The first-order valence-electron chi connectivity index (χ1n) is 9.43. The average Bonchev–Trinajstić information content (AvgIpc) is 2.72. The topological polar surface area (TPSA) is 75.0 Å². The third kappa shape index (κ3) is 5.05. The molecule has 9 heteroatoms. The molecule has 0 radical (unpaired) electrons. The number of amides is 1. The predicted molar refractivity (Wildman–Crippen MR) is 108 cm³/mol. The minimum Gasteiger partial charge on any atom is -0.497 e. The molecule has 1 aromatic carbocycles. The van der Waals surface area contributed by atoms with Gasteiger partial charge in [0.2, 0.25) is 5.91 Å². The number of rotatable bonds is 6. The van der Waals surface area contributed by atoms with Gasteiger partial charge in [-0.1, -0.05) is 0 Å². The van der Waals surface area contributed by atoms with Crippen molar-refractivity contribution in [2.45, 2.75) is 43.3 Å². The highest BCUT2D eigenvalue weighted by atomic mass is 32.2. The SMILES string of the molecule is COc1ccc(NC(=O)CCSc2nc3c(c(C(F)(F)F)c2C#N)CCCC3)cc1. The average molecular weight is 435 g/mol. The molecule has 0 saturated heterocycles. The number of methoxy groups -OCH3 is 1. The summed E-state index contributed by atoms with van der Waals surface area (Å²) in [4.78, 5) is 16.5. The molecule has 1 amide bonds. The second kappa shape index (κ2) is 9.39. The summed E-state index contributed by atoms with van der Waals surface area (Å²) in [6.45, 7) is 0. The van der Waals surface area contributed by atoms with Crippen molar-refractivity contribution in [1.29, 1.82) is 5.26 Å². The van der Waals surface area contributed by atoms with Crippen molar-refractivity contribution in [2.75, 3.05) is 18.2 Å². The van der Waals surface area contributed by atoms with Crippen LogP contribution in [0.5, 0.6) is 5.75 Å². The lowest BCUT2D eigenvalue weighted by Gasteiger charge is -2.22. The van der Waals surface area contributed by atoms with Gasteiger partial charge in [0, 0.05) is 23.6 Å². The molecular formula is C21H20F3N3O2S. The summed E-state index contributed by atoms with van der Waals surface area (Å²) in [6.07, 6.45) is -2.37. The van der Waals surface area contributed by atoms with Crippen LogP contribution in [0.25, 0.3) is 0 Å². The molecule has 0 bridgehead atoms. The van der Waals surface area contributed by atoms with Crippen LogP contribution in [-0.2, 0) is 23.8 Å². The molecule has 1 aromatic heterocycles. The Morgan fingerprint density at radius 3 is 2.60 bits per heavy atom. The molecule has 30 heavy (non-hydrogen) atoms. The minimum atomic E-state index is -4.61. The first-order valence-corrected chi connectivity index (χ1v) is 10.4. The molecule has 0 saturated carbocycles. The Bertz CT molecular complexity index is 969. The standard InChI is InChI=1S/C21H20F3N3O2S/c1-29-14-8-6-13(7-9-14)26-18(28)10-11-30-20-16(12-25)19(21(22,23)24)15-4-2-3-5-17(15)27-20/h6-9H,2-5,10-11H2,1H3,(H,26,28). The Labute approximate surface area is 176 Å². The first-order chi connectivity index (χ1) is 14.3. The van der Waals surface area contributed by atoms with Gasteiger partial charge in [0.15, 0.2) is 0 Å². The molecule has 1 aliphatic carbocycles. The maximum atomic E-state index is 13.7. The van der Waals surface area contributed by atoms with Gasteiger partial charge in [-0.15, -0.1) is 11.8 Å². The number of halogens is 3. The fourth-order valence-corrected chi connectivity index (χ4v) is 4.33. The third-order valence-electron chi connectivity index (χ3n) is 4.78. The van der Waals surface area contributed by atoms with Gasteiger partial charge in [-0.2, -0.15) is 18.4 Å². The summed E-state index contributed by atoms with van der Waals surface area (Å²) in [7, 11) is 1.54. The molecule has 158 valence electrons. The lowest BCUT2D eigenvalue weighted by molar-refractivity contribution is -0.138. The zero-order valence-electron chi connectivity index (χ0n) is 16.3. The number of aromatic nitrogens is 1. The Balaban J connectivity index is 1.71. The third-order valence-corrected chi connectivity index (χ3v) is 5.75. The predicted octanol–water partition coefficient (Wildman–Crippen LogP) is 4.98. The molecule has 3 rings (SSSR count). The van der Waals surface area contributed by atoms with Crippen LogP contribution < -0.4 is 10.1 Å². The van der Waals surface area contributed by atoms with E-state index < -0.39 is 17.3 Å². The van der Waals surface area contributed by atoms with E-state index in [-0.39, 0.29) is 35.1 Å². The van der Waals surface area contributed by atoms with Crippen LogP contribution in [0.15, 0.2) is 29.3 Å². The van der Waals surface area contributed by atoms with Crippen molar-refractivity contribution in [2.24, 2.45) is 0 Å². The van der Waals surface area contributed by atoms with Gasteiger partial charge < -0.3 is 10.1 Å². The summed E-state index contributed by atoms with van der Waals surface area (Å²) >= 11 is 1.01. The summed E-state index contributed by atoms with van der Waals surface area (Å²) < 4.78 is 46.1. The summed E-state index contributed by atoms with van der Waals surface area (Å²) in [5.41, 5.74) is -0.150.